The maximum Gasteiger partial charge on any atom is 0.251 e. The van der Waals surface area contributed by atoms with E-state index in [1.807, 2.05) is 19.1 Å². The number of rotatable bonds is 10. The number of hydrogen-bond acceptors (Lipinski definition) is 4. The Bertz CT molecular complexity index is 1320. The summed E-state index contributed by atoms with van der Waals surface area (Å²) in [6.07, 6.45) is 6.71. The van der Waals surface area contributed by atoms with Crippen LogP contribution in [0, 0.1) is 0 Å². The normalized spacial score (nSPS) is 13.9. The molecule has 0 aliphatic heterocycles. The number of sulfonamides is 1. The molecule has 0 saturated heterocycles. The molecule has 3 aromatic carbocycles. The second-order valence-electron chi connectivity index (χ2n) is 9.56. The van der Waals surface area contributed by atoms with Crippen LogP contribution >= 0.6 is 0 Å². The Morgan fingerprint density at radius 3 is 2.24 bits per heavy atom. The third-order valence-electron chi connectivity index (χ3n) is 6.87. The van der Waals surface area contributed by atoms with Gasteiger partial charge in [-0.2, -0.15) is 0 Å². The third kappa shape index (κ3) is 6.72. The molecule has 4 rings (SSSR count). The summed E-state index contributed by atoms with van der Waals surface area (Å²) >= 11 is 0. The van der Waals surface area contributed by atoms with Crippen molar-refractivity contribution in [3.8, 4) is 5.75 Å². The summed E-state index contributed by atoms with van der Waals surface area (Å²) in [7, 11) is -3.51. The van der Waals surface area contributed by atoms with Crippen molar-refractivity contribution in [3.05, 3.63) is 94.5 Å². The van der Waals surface area contributed by atoms with Gasteiger partial charge in [0.1, 0.15) is 5.75 Å². The lowest BCUT2D eigenvalue weighted by Gasteiger charge is -2.23. The van der Waals surface area contributed by atoms with E-state index >= 15 is 0 Å². The van der Waals surface area contributed by atoms with Crippen molar-refractivity contribution in [1.82, 2.24) is 5.32 Å². The van der Waals surface area contributed by atoms with E-state index in [9.17, 15) is 13.2 Å². The van der Waals surface area contributed by atoms with E-state index < -0.39 is 10.0 Å². The summed E-state index contributed by atoms with van der Waals surface area (Å²) in [5, 5.41) is 3.17. The van der Waals surface area contributed by atoms with Crippen LogP contribution in [0.5, 0.6) is 5.75 Å². The summed E-state index contributed by atoms with van der Waals surface area (Å²) in [5.41, 5.74) is 5.88. The average Bonchev–Trinajstić information content (AvgIpc) is 2.90. The molecule has 0 bridgehead atoms. The summed E-state index contributed by atoms with van der Waals surface area (Å²) in [6.45, 7) is 4.69. The van der Waals surface area contributed by atoms with Gasteiger partial charge in [-0.3, -0.25) is 9.10 Å². The summed E-state index contributed by atoms with van der Waals surface area (Å²) < 4.78 is 31.9. The molecule has 6 nitrogen and oxygen atoms in total. The maximum atomic E-state index is 13.0. The number of hydrogen-bond donors (Lipinski definition) is 1. The first-order valence-corrected chi connectivity index (χ1v) is 14.9. The number of carbonyl (C=O) groups is 1. The van der Waals surface area contributed by atoms with Gasteiger partial charge in [0.2, 0.25) is 10.0 Å². The van der Waals surface area contributed by atoms with Crippen LogP contribution in [0.3, 0.4) is 0 Å². The third-order valence-corrected chi connectivity index (χ3v) is 8.01. The van der Waals surface area contributed by atoms with Crippen molar-refractivity contribution in [1.29, 1.82) is 0 Å². The van der Waals surface area contributed by atoms with E-state index in [2.05, 4.69) is 30.4 Å². The first-order valence-electron chi connectivity index (χ1n) is 13.0. The zero-order chi connectivity index (χ0) is 26.4. The van der Waals surface area contributed by atoms with Crippen molar-refractivity contribution in [2.45, 2.75) is 58.5 Å². The number of carbonyl (C=O) groups excluding carboxylic acids is 1. The summed E-state index contributed by atoms with van der Waals surface area (Å²) in [5.74, 6) is 0.554. The Hall–Kier alpha value is -3.32. The van der Waals surface area contributed by atoms with Crippen LogP contribution < -0.4 is 14.4 Å². The molecule has 0 radical (unpaired) electrons. The molecule has 0 saturated carbocycles. The number of ether oxygens (including phenoxy) is 1. The molecule has 196 valence electrons. The lowest BCUT2D eigenvalue weighted by Crippen LogP contribution is -2.29. The van der Waals surface area contributed by atoms with Crippen molar-refractivity contribution in [3.63, 3.8) is 0 Å². The van der Waals surface area contributed by atoms with Crippen LogP contribution in [0.1, 0.15) is 71.8 Å². The standard InChI is InChI=1S/C30H36N2O4S/c1-4-29(26-15-14-23-8-6-7-9-25(23)20-26)31-30(33)24-12-10-22(11-13-24)21-32(37(3,34)35)27-16-18-28(19-17-27)36-5-2/h10-20,29H,4-9,21H2,1-3H3,(H,31,33). The average molecular weight is 521 g/mol. The molecule has 0 fully saturated rings. The molecule has 1 atom stereocenters. The molecule has 1 unspecified atom stereocenters. The first kappa shape index (κ1) is 26.7. The Morgan fingerprint density at radius 2 is 1.62 bits per heavy atom. The van der Waals surface area contributed by atoms with E-state index in [1.165, 1.54) is 34.5 Å². The smallest absolute Gasteiger partial charge is 0.251 e. The second kappa shape index (κ2) is 11.8. The highest BCUT2D eigenvalue weighted by atomic mass is 32.2. The Labute approximate surface area is 220 Å². The van der Waals surface area contributed by atoms with Crippen LogP contribution in [0.25, 0.3) is 0 Å². The zero-order valence-electron chi connectivity index (χ0n) is 21.9. The highest BCUT2D eigenvalue weighted by molar-refractivity contribution is 7.92. The highest BCUT2D eigenvalue weighted by Crippen LogP contribution is 2.27. The fourth-order valence-electron chi connectivity index (χ4n) is 4.84. The lowest BCUT2D eigenvalue weighted by molar-refractivity contribution is 0.0935. The number of fused-ring (bicyclic) bond motifs is 1. The maximum absolute atomic E-state index is 13.0. The van der Waals surface area contributed by atoms with Gasteiger partial charge in [0.25, 0.3) is 5.91 Å². The molecule has 0 spiro atoms. The van der Waals surface area contributed by atoms with Crippen molar-refractivity contribution < 1.29 is 17.9 Å². The van der Waals surface area contributed by atoms with E-state index in [0.29, 0.717) is 23.6 Å². The van der Waals surface area contributed by atoms with E-state index in [4.69, 9.17) is 4.74 Å². The molecular weight excluding hydrogens is 484 g/mol. The molecule has 3 aromatic rings. The van der Waals surface area contributed by atoms with Crippen LogP contribution in [-0.2, 0) is 29.4 Å². The largest absolute Gasteiger partial charge is 0.494 e. The van der Waals surface area contributed by atoms with Crippen LogP contribution in [0.4, 0.5) is 5.69 Å². The molecule has 1 N–H and O–H groups in total. The number of nitrogens with one attached hydrogen (secondary N) is 1. The van der Waals surface area contributed by atoms with Gasteiger partial charge in [-0.1, -0.05) is 37.3 Å². The molecule has 1 aliphatic carbocycles. The van der Waals surface area contributed by atoms with Gasteiger partial charge in [0, 0.05) is 5.56 Å². The Morgan fingerprint density at radius 1 is 0.946 bits per heavy atom. The zero-order valence-corrected chi connectivity index (χ0v) is 22.7. The molecule has 0 aromatic heterocycles. The summed E-state index contributed by atoms with van der Waals surface area (Å²) in [6, 6.07) is 20.7. The molecule has 0 heterocycles. The van der Waals surface area contributed by atoms with Gasteiger partial charge in [0.05, 0.1) is 31.1 Å². The topological polar surface area (TPSA) is 75.7 Å². The number of benzene rings is 3. The van der Waals surface area contributed by atoms with Crippen molar-refractivity contribution in [2.75, 3.05) is 17.2 Å². The predicted octanol–water partition coefficient (Wildman–Crippen LogP) is 5.81. The number of anilines is 1. The van der Waals surface area contributed by atoms with E-state index in [0.717, 1.165) is 30.4 Å². The monoisotopic (exact) mass is 520 g/mol. The fourth-order valence-corrected chi connectivity index (χ4v) is 5.72. The number of nitrogens with zero attached hydrogens (tertiary/aromatic N) is 1. The first-order chi connectivity index (χ1) is 17.8. The minimum Gasteiger partial charge on any atom is -0.494 e. The van der Waals surface area contributed by atoms with Crippen molar-refractivity contribution >= 4 is 21.6 Å². The Balaban J connectivity index is 1.45. The highest BCUT2D eigenvalue weighted by Gasteiger charge is 2.20. The lowest BCUT2D eigenvalue weighted by atomic mass is 9.88. The Kier molecular flexibility index (Phi) is 8.54. The minimum absolute atomic E-state index is 0.0558. The fraction of sp³-hybridized carbons (Fsp3) is 0.367. The van der Waals surface area contributed by atoms with Crippen LogP contribution in [0.2, 0.25) is 0 Å². The quantitative estimate of drug-likeness (QED) is 0.366. The molecular formula is C30H36N2O4S. The predicted molar refractivity (Wildman–Crippen MR) is 149 cm³/mol. The van der Waals surface area contributed by atoms with Gasteiger partial charge in [0.15, 0.2) is 0 Å². The molecule has 1 aliphatic rings. The SMILES string of the molecule is CCOc1ccc(N(Cc2ccc(C(=O)NC(CC)c3ccc4c(c3)CCCC4)cc2)S(C)(=O)=O)cc1. The van der Waals surface area contributed by atoms with Crippen LogP contribution in [-0.4, -0.2) is 27.2 Å². The second-order valence-corrected chi connectivity index (χ2v) is 11.5. The number of amides is 1. The van der Waals surface area contributed by atoms with Crippen LogP contribution in [0.15, 0.2) is 66.7 Å². The van der Waals surface area contributed by atoms with Gasteiger partial charge < -0.3 is 10.1 Å². The van der Waals surface area contributed by atoms with Gasteiger partial charge in [-0.25, -0.2) is 8.42 Å². The van der Waals surface area contributed by atoms with Crippen molar-refractivity contribution in [2.24, 2.45) is 0 Å². The number of aryl methyl sites for hydroxylation is 2. The molecule has 37 heavy (non-hydrogen) atoms. The molecule has 7 heteroatoms. The van der Waals surface area contributed by atoms with Gasteiger partial charge in [-0.05, 0) is 97.7 Å². The summed E-state index contributed by atoms with van der Waals surface area (Å²) in [4.78, 5) is 13.0. The molecule has 1 amide bonds. The minimum atomic E-state index is -3.51. The van der Waals surface area contributed by atoms with Gasteiger partial charge >= 0.3 is 0 Å². The van der Waals surface area contributed by atoms with E-state index in [1.54, 1.807) is 36.4 Å². The van der Waals surface area contributed by atoms with E-state index in [-0.39, 0.29) is 18.5 Å². The van der Waals surface area contributed by atoms with Gasteiger partial charge in [-0.15, -0.1) is 0 Å².